The summed E-state index contributed by atoms with van der Waals surface area (Å²) in [6.07, 6.45) is 0. The minimum Gasteiger partial charge on any atom is -0.507 e. The van der Waals surface area contributed by atoms with Crippen LogP contribution in [-0.4, -0.2) is 16.2 Å². The van der Waals surface area contributed by atoms with Crippen molar-refractivity contribution in [1.29, 1.82) is 0 Å². The summed E-state index contributed by atoms with van der Waals surface area (Å²) in [5.74, 6) is -1.47. The Morgan fingerprint density at radius 2 is 2.05 bits per heavy atom. The Bertz CT molecular complexity index is 589. The highest BCUT2D eigenvalue weighted by Crippen LogP contribution is 2.37. The summed E-state index contributed by atoms with van der Waals surface area (Å²) in [6.45, 7) is 0. The van der Waals surface area contributed by atoms with Crippen LogP contribution in [0.25, 0.3) is 0 Å². The minimum atomic E-state index is -1.18. The van der Waals surface area contributed by atoms with Crippen molar-refractivity contribution in [1.82, 2.24) is 0 Å². The number of aromatic hydroxyl groups is 1. The second-order valence-corrected chi connectivity index (χ2v) is 5.49. The van der Waals surface area contributed by atoms with Crippen molar-refractivity contribution in [2.45, 2.75) is 6.04 Å². The normalized spacial score (nSPS) is 11.7. The van der Waals surface area contributed by atoms with E-state index in [1.54, 1.807) is 6.07 Å². The van der Waals surface area contributed by atoms with Gasteiger partial charge in [0.25, 0.3) is 0 Å². The summed E-state index contributed by atoms with van der Waals surface area (Å²) >= 11 is 4.74. The number of nitrogens with two attached hydrogens (primary N) is 1. The second-order valence-electron chi connectivity index (χ2n) is 3.66. The number of thiophene rings is 1. The van der Waals surface area contributed by atoms with Crippen molar-refractivity contribution in [3.8, 4) is 5.75 Å². The molecule has 0 amide bonds. The predicted molar refractivity (Wildman–Crippen MR) is 80.4 cm³/mol. The maximum atomic E-state index is 11.0. The van der Waals surface area contributed by atoms with Gasteiger partial charge >= 0.3 is 5.97 Å². The molecule has 0 unspecified atom stereocenters. The predicted octanol–water partition coefficient (Wildman–Crippen LogP) is 3.38. The molecule has 0 spiro atoms. The quantitative estimate of drug-likeness (QED) is 0.779. The Balaban J connectivity index is 0.00000180. The number of hydrogen-bond donors (Lipinski definition) is 3. The van der Waals surface area contributed by atoms with E-state index >= 15 is 0 Å². The highest BCUT2D eigenvalue weighted by Gasteiger charge is 2.22. The zero-order valence-electron chi connectivity index (χ0n) is 9.54. The van der Waals surface area contributed by atoms with Crippen LogP contribution in [0.2, 0.25) is 0 Å². The number of aromatic carboxylic acids is 1. The molecule has 0 saturated heterocycles. The zero-order chi connectivity index (χ0) is 13.3. The lowest BCUT2D eigenvalue weighted by Gasteiger charge is -2.15. The van der Waals surface area contributed by atoms with Gasteiger partial charge in [-0.1, -0.05) is 22.0 Å². The van der Waals surface area contributed by atoms with Gasteiger partial charge in [0.1, 0.15) is 11.3 Å². The van der Waals surface area contributed by atoms with Crippen molar-refractivity contribution in [2.24, 2.45) is 5.73 Å². The lowest BCUT2D eigenvalue weighted by Crippen LogP contribution is -2.12. The molecule has 2 aromatic rings. The lowest BCUT2D eigenvalue weighted by atomic mass is 10.0. The van der Waals surface area contributed by atoms with Gasteiger partial charge in [-0.25, -0.2) is 4.79 Å². The summed E-state index contributed by atoms with van der Waals surface area (Å²) in [4.78, 5) is 11.8. The first-order chi connectivity index (χ1) is 8.52. The van der Waals surface area contributed by atoms with Crippen LogP contribution in [0, 0.1) is 0 Å². The van der Waals surface area contributed by atoms with Crippen molar-refractivity contribution < 1.29 is 15.0 Å². The molecule has 0 bridgehead atoms. The first kappa shape index (κ1) is 16.0. The maximum absolute atomic E-state index is 11.0. The number of benzene rings is 1. The number of rotatable bonds is 3. The van der Waals surface area contributed by atoms with Crippen LogP contribution >= 0.6 is 39.7 Å². The van der Waals surface area contributed by atoms with Crippen molar-refractivity contribution in [3.05, 3.63) is 50.1 Å². The van der Waals surface area contributed by atoms with Gasteiger partial charge in [-0.05, 0) is 23.6 Å². The highest BCUT2D eigenvalue weighted by atomic mass is 79.9. The van der Waals surface area contributed by atoms with E-state index in [2.05, 4.69) is 15.9 Å². The average Bonchev–Trinajstić information content (AvgIpc) is 2.81. The number of hydrogen-bond acceptors (Lipinski definition) is 4. The molecule has 1 aromatic heterocycles. The van der Waals surface area contributed by atoms with Crippen LogP contribution < -0.4 is 5.73 Å². The summed E-state index contributed by atoms with van der Waals surface area (Å²) in [5.41, 5.74) is 6.29. The molecule has 0 aliphatic rings. The van der Waals surface area contributed by atoms with Gasteiger partial charge in [0.05, 0.1) is 6.04 Å². The fraction of sp³-hybridized carbons (Fsp3) is 0.0833. The third-order valence-corrected chi connectivity index (χ3v) is 4.20. The standard InChI is InChI=1S/C12H10BrNO3S.ClH/c13-7-4-3-6(12(16)17)11(15)9(7)10(14)8-2-1-5-18-8;/h1-5,10,15H,14H2,(H,16,17);1H/t10-;/m0./s1. The molecule has 0 aliphatic heterocycles. The van der Waals surface area contributed by atoms with Crippen molar-refractivity contribution in [2.75, 3.05) is 0 Å². The largest absolute Gasteiger partial charge is 0.507 e. The first-order valence-electron chi connectivity index (χ1n) is 5.06. The molecular weight excluding hydrogens is 354 g/mol. The first-order valence-corrected chi connectivity index (χ1v) is 6.73. The Morgan fingerprint density at radius 3 is 2.58 bits per heavy atom. The Morgan fingerprint density at radius 1 is 1.37 bits per heavy atom. The highest BCUT2D eigenvalue weighted by molar-refractivity contribution is 9.10. The molecule has 7 heteroatoms. The van der Waals surface area contributed by atoms with Crippen LogP contribution in [0.4, 0.5) is 0 Å². The second kappa shape index (κ2) is 6.38. The van der Waals surface area contributed by atoms with Crippen molar-refractivity contribution >= 4 is 45.6 Å². The molecule has 1 atom stereocenters. The van der Waals surface area contributed by atoms with Gasteiger partial charge < -0.3 is 15.9 Å². The average molecular weight is 365 g/mol. The zero-order valence-corrected chi connectivity index (χ0v) is 12.8. The van der Waals surface area contributed by atoms with Crippen LogP contribution in [0.5, 0.6) is 5.75 Å². The summed E-state index contributed by atoms with van der Waals surface area (Å²) in [7, 11) is 0. The van der Waals surface area contributed by atoms with E-state index in [4.69, 9.17) is 10.8 Å². The molecule has 1 aromatic carbocycles. The SMILES string of the molecule is Cl.N[C@@H](c1cccs1)c1c(Br)ccc(C(=O)O)c1O. The van der Waals surface area contributed by atoms with E-state index in [-0.39, 0.29) is 23.7 Å². The van der Waals surface area contributed by atoms with Crippen LogP contribution in [0.3, 0.4) is 0 Å². The molecule has 1 heterocycles. The topological polar surface area (TPSA) is 83.6 Å². The van der Waals surface area contributed by atoms with Gasteiger partial charge in [-0.3, -0.25) is 0 Å². The molecule has 2 rings (SSSR count). The number of carboxylic acid groups (broad SMARTS) is 1. The lowest BCUT2D eigenvalue weighted by molar-refractivity contribution is 0.0693. The fourth-order valence-electron chi connectivity index (χ4n) is 1.66. The van der Waals surface area contributed by atoms with Crippen LogP contribution in [-0.2, 0) is 0 Å². The van der Waals surface area contributed by atoms with Gasteiger partial charge in [-0.2, -0.15) is 0 Å². The van der Waals surface area contributed by atoms with Crippen molar-refractivity contribution in [3.63, 3.8) is 0 Å². The molecule has 0 saturated carbocycles. The maximum Gasteiger partial charge on any atom is 0.339 e. The van der Waals surface area contributed by atoms with Gasteiger partial charge in [-0.15, -0.1) is 23.7 Å². The van der Waals surface area contributed by atoms with Gasteiger partial charge in [0, 0.05) is 14.9 Å². The van der Waals surface area contributed by atoms with E-state index < -0.39 is 12.0 Å². The Hall–Kier alpha value is -1.08. The van der Waals surface area contributed by atoms with E-state index in [0.29, 0.717) is 10.0 Å². The molecule has 4 N–H and O–H groups in total. The monoisotopic (exact) mass is 363 g/mol. The van der Waals surface area contributed by atoms with E-state index in [1.165, 1.54) is 17.4 Å². The van der Waals surface area contributed by atoms with E-state index in [9.17, 15) is 9.90 Å². The summed E-state index contributed by atoms with van der Waals surface area (Å²) < 4.78 is 0.589. The van der Waals surface area contributed by atoms with Crippen LogP contribution in [0.1, 0.15) is 26.8 Å². The molecular formula is C12H11BrClNO3S. The number of halogens is 2. The number of phenols is 1. The van der Waals surface area contributed by atoms with E-state index in [0.717, 1.165) is 4.88 Å². The van der Waals surface area contributed by atoms with Gasteiger partial charge in [0.2, 0.25) is 0 Å². The third kappa shape index (κ3) is 3.09. The Kier molecular flexibility index (Phi) is 5.37. The molecule has 102 valence electrons. The smallest absolute Gasteiger partial charge is 0.339 e. The molecule has 4 nitrogen and oxygen atoms in total. The molecule has 0 fully saturated rings. The third-order valence-electron chi connectivity index (χ3n) is 2.55. The Labute approximate surface area is 128 Å². The molecule has 0 aliphatic carbocycles. The minimum absolute atomic E-state index is 0. The molecule has 19 heavy (non-hydrogen) atoms. The summed E-state index contributed by atoms with van der Waals surface area (Å²) in [6, 6.07) is 6.05. The fourth-order valence-corrected chi connectivity index (χ4v) is 2.96. The molecule has 0 radical (unpaired) electrons. The number of carboxylic acids is 1. The summed E-state index contributed by atoms with van der Waals surface area (Å²) in [5, 5.41) is 20.9. The van der Waals surface area contributed by atoms with Crippen LogP contribution in [0.15, 0.2) is 34.1 Å². The van der Waals surface area contributed by atoms with E-state index in [1.807, 2.05) is 17.5 Å². The van der Waals surface area contributed by atoms with Gasteiger partial charge in [0.15, 0.2) is 0 Å². The number of carbonyl (C=O) groups is 1.